The summed E-state index contributed by atoms with van der Waals surface area (Å²) in [5, 5.41) is 0. The number of anilines is 1. The number of nitrogens with zero attached hydrogens (tertiary/aromatic N) is 1. The molecule has 1 aliphatic rings. The van der Waals surface area contributed by atoms with Crippen molar-refractivity contribution < 1.29 is 4.98 Å². The second kappa shape index (κ2) is 7.23. The van der Waals surface area contributed by atoms with Crippen molar-refractivity contribution in [1.82, 2.24) is 0 Å². The Morgan fingerprint density at radius 2 is 1.73 bits per heavy atom. The molecule has 0 spiro atoms. The third kappa shape index (κ3) is 4.30. The van der Waals surface area contributed by atoms with Crippen LogP contribution in [0.1, 0.15) is 26.2 Å². The molecule has 1 saturated heterocycles. The maximum atomic E-state index is 4.85. The van der Waals surface area contributed by atoms with E-state index in [1.165, 1.54) is 38.0 Å². The lowest BCUT2D eigenvalue weighted by Gasteiger charge is -2.27. The number of piperidine rings is 1. The SMILES string of the molecule is CCN.c1cc(N2CCCCC2)cc[nH+]1. The number of hydrogen-bond acceptors (Lipinski definition) is 2. The fourth-order valence-electron chi connectivity index (χ4n) is 1.74. The maximum absolute atomic E-state index is 4.85. The summed E-state index contributed by atoms with van der Waals surface area (Å²) in [5.74, 6) is 0. The molecule has 1 aromatic rings. The highest BCUT2D eigenvalue weighted by molar-refractivity contribution is 5.43. The quantitative estimate of drug-likeness (QED) is 0.759. The van der Waals surface area contributed by atoms with Crippen molar-refractivity contribution >= 4 is 5.69 Å². The number of hydrogen-bond donors (Lipinski definition) is 1. The molecule has 15 heavy (non-hydrogen) atoms. The first-order chi connectivity index (χ1) is 7.38. The lowest BCUT2D eigenvalue weighted by atomic mass is 10.1. The van der Waals surface area contributed by atoms with Crippen LogP contribution >= 0.6 is 0 Å². The zero-order valence-electron chi connectivity index (χ0n) is 9.58. The number of aromatic nitrogens is 1. The van der Waals surface area contributed by atoms with Crippen LogP contribution in [0.2, 0.25) is 0 Å². The van der Waals surface area contributed by atoms with E-state index in [0.717, 1.165) is 6.54 Å². The van der Waals surface area contributed by atoms with Gasteiger partial charge in [-0.2, -0.15) is 0 Å². The van der Waals surface area contributed by atoms with E-state index in [1.807, 2.05) is 19.3 Å². The van der Waals surface area contributed by atoms with E-state index in [9.17, 15) is 0 Å². The van der Waals surface area contributed by atoms with Crippen LogP contribution in [0.15, 0.2) is 24.5 Å². The first kappa shape index (κ1) is 12.0. The minimum Gasteiger partial charge on any atom is -0.371 e. The molecule has 1 aliphatic heterocycles. The molecule has 3 heteroatoms. The first-order valence-electron chi connectivity index (χ1n) is 5.79. The summed E-state index contributed by atoms with van der Waals surface area (Å²) < 4.78 is 0. The Balaban J connectivity index is 0.000000337. The Morgan fingerprint density at radius 3 is 2.27 bits per heavy atom. The van der Waals surface area contributed by atoms with Gasteiger partial charge in [0.1, 0.15) is 0 Å². The van der Waals surface area contributed by atoms with Gasteiger partial charge < -0.3 is 10.6 Å². The van der Waals surface area contributed by atoms with Gasteiger partial charge in [0.25, 0.3) is 0 Å². The van der Waals surface area contributed by atoms with E-state index >= 15 is 0 Å². The summed E-state index contributed by atoms with van der Waals surface area (Å²) in [5.41, 5.74) is 6.20. The molecular weight excluding hydrogens is 186 g/mol. The maximum Gasteiger partial charge on any atom is 0.169 e. The van der Waals surface area contributed by atoms with Crippen molar-refractivity contribution in [2.45, 2.75) is 26.2 Å². The molecule has 0 aromatic carbocycles. The molecule has 0 atom stereocenters. The molecule has 1 aromatic heterocycles. The fraction of sp³-hybridized carbons (Fsp3) is 0.583. The molecule has 2 heterocycles. The minimum absolute atomic E-state index is 0.750. The lowest BCUT2D eigenvalue weighted by molar-refractivity contribution is -0.377. The summed E-state index contributed by atoms with van der Waals surface area (Å²) in [7, 11) is 0. The zero-order chi connectivity index (χ0) is 10.9. The third-order valence-electron chi connectivity index (χ3n) is 2.42. The molecular formula is C12H22N3+. The molecule has 84 valence electrons. The van der Waals surface area contributed by atoms with Crippen LogP contribution in [0, 0.1) is 0 Å². The molecule has 0 saturated carbocycles. The summed E-state index contributed by atoms with van der Waals surface area (Å²) in [6, 6.07) is 4.29. The molecule has 0 unspecified atom stereocenters. The number of nitrogens with two attached hydrogens (primary N) is 1. The monoisotopic (exact) mass is 208 g/mol. The van der Waals surface area contributed by atoms with Crippen LogP contribution < -0.4 is 15.6 Å². The second-order valence-electron chi connectivity index (χ2n) is 3.71. The second-order valence-corrected chi connectivity index (χ2v) is 3.71. The number of aromatic amines is 1. The van der Waals surface area contributed by atoms with Gasteiger partial charge in [0.2, 0.25) is 0 Å². The van der Waals surface area contributed by atoms with Gasteiger partial charge in [-0.25, -0.2) is 4.98 Å². The van der Waals surface area contributed by atoms with E-state index in [1.54, 1.807) is 0 Å². The molecule has 0 radical (unpaired) electrons. The Kier molecular flexibility index (Phi) is 5.78. The summed E-state index contributed by atoms with van der Waals surface area (Å²) in [6.45, 7) is 5.11. The van der Waals surface area contributed by atoms with Gasteiger partial charge in [0, 0.05) is 30.9 Å². The minimum atomic E-state index is 0.750. The first-order valence-corrected chi connectivity index (χ1v) is 5.79. The van der Waals surface area contributed by atoms with Crippen molar-refractivity contribution in [3.8, 4) is 0 Å². The highest BCUT2D eigenvalue weighted by atomic mass is 15.1. The van der Waals surface area contributed by atoms with Gasteiger partial charge in [-0.3, -0.25) is 0 Å². The lowest BCUT2D eigenvalue weighted by Crippen LogP contribution is -2.29. The number of nitrogens with one attached hydrogen (secondary N) is 1. The summed E-state index contributed by atoms with van der Waals surface area (Å²) in [6.07, 6.45) is 8.07. The van der Waals surface area contributed by atoms with Gasteiger partial charge in [0.05, 0.1) is 0 Å². The third-order valence-corrected chi connectivity index (χ3v) is 2.42. The van der Waals surface area contributed by atoms with E-state index in [-0.39, 0.29) is 0 Å². The highest BCUT2D eigenvalue weighted by Gasteiger charge is 2.10. The van der Waals surface area contributed by atoms with Crippen molar-refractivity contribution in [1.29, 1.82) is 0 Å². The predicted octanol–water partition coefficient (Wildman–Crippen LogP) is 1.46. The van der Waals surface area contributed by atoms with E-state index in [2.05, 4.69) is 22.0 Å². The van der Waals surface area contributed by atoms with Crippen LogP contribution in [0.3, 0.4) is 0 Å². The van der Waals surface area contributed by atoms with E-state index in [0.29, 0.717) is 0 Å². The number of pyridine rings is 1. The molecule has 2 rings (SSSR count). The van der Waals surface area contributed by atoms with Crippen molar-refractivity contribution in [2.75, 3.05) is 24.5 Å². The Labute approximate surface area is 92.3 Å². The van der Waals surface area contributed by atoms with Gasteiger partial charge in [-0.05, 0) is 25.8 Å². The predicted molar refractivity (Wildman–Crippen MR) is 63.8 cm³/mol. The van der Waals surface area contributed by atoms with Gasteiger partial charge >= 0.3 is 0 Å². The standard InChI is InChI=1S/C10H14N2.C2H7N/c1-2-8-12(9-3-1)10-4-6-11-7-5-10;1-2-3/h4-7H,1-3,8-9H2;2-3H2,1H3/p+1. The summed E-state index contributed by atoms with van der Waals surface area (Å²) >= 11 is 0. The van der Waals surface area contributed by atoms with Crippen LogP contribution in [-0.4, -0.2) is 19.6 Å². The molecule has 1 fully saturated rings. The van der Waals surface area contributed by atoms with Gasteiger partial charge in [-0.15, -0.1) is 0 Å². The highest BCUT2D eigenvalue weighted by Crippen LogP contribution is 2.17. The topological polar surface area (TPSA) is 43.4 Å². The number of H-pyrrole nitrogens is 1. The van der Waals surface area contributed by atoms with Crippen LogP contribution in [-0.2, 0) is 0 Å². The number of rotatable bonds is 1. The normalized spacial score (nSPS) is 15.5. The van der Waals surface area contributed by atoms with Crippen LogP contribution in [0.5, 0.6) is 0 Å². The summed E-state index contributed by atoms with van der Waals surface area (Å²) in [4.78, 5) is 5.50. The van der Waals surface area contributed by atoms with Crippen molar-refractivity contribution in [2.24, 2.45) is 5.73 Å². The molecule has 3 nitrogen and oxygen atoms in total. The van der Waals surface area contributed by atoms with Crippen LogP contribution in [0.25, 0.3) is 0 Å². The Hall–Kier alpha value is -1.09. The average molecular weight is 208 g/mol. The Bertz CT molecular complexity index is 242. The Morgan fingerprint density at radius 1 is 1.20 bits per heavy atom. The van der Waals surface area contributed by atoms with Gasteiger partial charge in [-0.1, -0.05) is 6.92 Å². The zero-order valence-corrected chi connectivity index (χ0v) is 9.58. The molecule has 3 N–H and O–H groups in total. The largest absolute Gasteiger partial charge is 0.371 e. The van der Waals surface area contributed by atoms with Crippen molar-refractivity contribution in [3.63, 3.8) is 0 Å². The molecule has 0 amide bonds. The van der Waals surface area contributed by atoms with Crippen LogP contribution in [0.4, 0.5) is 5.69 Å². The van der Waals surface area contributed by atoms with Gasteiger partial charge in [0.15, 0.2) is 12.4 Å². The molecule has 0 bridgehead atoms. The van der Waals surface area contributed by atoms with E-state index < -0.39 is 0 Å². The average Bonchev–Trinajstić information content (AvgIpc) is 2.32. The smallest absolute Gasteiger partial charge is 0.169 e. The van der Waals surface area contributed by atoms with E-state index in [4.69, 9.17) is 5.73 Å². The fourth-order valence-corrected chi connectivity index (χ4v) is 1.74. The van der Waals surface area contributed by atoms with Crippen molar-refractivity contribution in [3.05, 3.63) is 24.5 Å². The molecule has 0 aliphatic carbocycles.